The van der Waals surface area contributed by atoms with Crippen LogP contribution in [0.4, 0.5) is 5.69 Å². The molecule has 0 atom stereocenters. The highest BCUT2D eigenvalue weighted by molar-refractivity contribution is 7.92. The Morgan fingerprint density at radius 3 is 2.29 bits per heavy atom. The minimum Gasteiger partial charge on any atom is -0.483 e. The first-order valence-electron chi connectivity index (χ1n) is 9.85. The van der Waals surface area contributed by atoms with E-state index in [4.69, 9.17) is 4.74 Å². The molecule has 0 spiro atoms. The molecule has 6 nitrogen and oxygen atoms in total. The number of hydrogen-bond donors (Lipinski definition) is 1. The van der Waals surface area contributed by atoms with Gasteiger partial charge >= 0.3 is 0 Å². The van der Waals surface area contributed by atoms with Crippen molar-refractivity contribution in [3.05, 3.63) is 89.5 Å². The number of likely N-dealkylation sites (N-methyl/N-ethyl adjacent to an activating group) is 1. The molecule has 3 aromatic rings. The third kappa shape index (κ3) is 6.08. The van der Waals surface area contributed by atoms with Gasteiger partial charge in [-0.2, -0.15) is 0 Å². The van der Waals surface area contributed by atoms with Crippen molar-refractivity contribution in [3.8, 4) is 5.75 Å². The molecule has 0 aliphatic heterocycles. The van der Waals surface area contributed by atoms with E-state index in [9.17, 15) is 13.2 Å². The zero-order valence-electron chi connectivity index (χ0n) is 17.8. The Bertz CT molecular complexity index is 1140. The van der Waals surface area contributed by atoms with Crippen molar-refractivity contribution < 1.29 is 17.9 Å². The van der Waals surface area contributed by atoms with Crippen molar-refractivity contribution >= 4 is 21.6 Å². The number of hydrogen-bond acceptors (Lipinski definition) is 4. The number of rotatable bonds is 8. The van der Waals surface area contributed by atoms with Crippen LogP contribution < -0.4 is 9.46 Å². The van der Waals surface area contributed by atoms with Crippen LogP contribution >= 0.6 is 0 Å². The Balaban J connectivity index is 1.62. The number of sulfonamides is 1. The molecule has 31 heavy (non-hydrogen) atoms. The van der Waals surface area contributed by atoms with Crippen molar-refractivity contribution in [2.75, 3.05) is 18.4 Å². The molecule has 0 bridgehead atoms. The fraction of sp³-hybridized carbons (Fsp3) is 0.208. The van der Waals surface area contributed by atoms with Gasteiger partial charge in [-0.25, -0.2) is 8.42 Å². The second kappa shape index (κ2) is 9.66. The van der Waals surface area contributed by atoms with Crippen LogP contribution in [0.3, 0.4) is 0 Å². The van der Waals surface area contributed by atoms with E-state index >= 15 is 0 Å². The summed E-state index contributed by atoms with van der Waals surface area (Å²) in [5, 5.41) is 0. The minimum absolute atomic E-state index is 0.127. The second-order valence-electron chi connectivity index (χ2n) is 7.42. The summed E-state index contributed by atoms with van der Waals surface area (Å²) in [6.45, 7) is 4.05. The van der Waals surface area contributed by atoms with Gasteiger partial charge in [-0.1, -0.05) is 48.0 Å². The van der Waals surface area contributed by atoms with Crippen LogP contribution in [0.5, 0.6) is 5.75 Å². The number of ether oxygens (including phenoxy) is 1. The molecular weight excluding hydrogens is 412 g/mol. The third-order valence-electron chi connectivity index (χ3n) is 4.80. The molecule has 0 aromatic heterocycles. The standard InChI is InChI=1S/C24H26N2O4S/c1-18-9-11-21(12-10-18)25-31(28,29)22-13-14-23(19(2)15-22)30-17-24(27)26(3)16-20-7-5-4-6-8-20/h4-15,25H,16-17H2,1-3H3. The van der Waals surface area contributed by atoms with Gasteiger partial charge in [0.2, 0.25) is 0 Å². The Labute approximate surface area is 183 Å². The minimum atomic E-state index is -3.73. The number of benzene rings is 3. The van der Waals surface area contributed by atoms with Gasteiger partial charge in [0.1, 0.15) is 5.75 Å². The molecule has 0 aliphatic carbocycles. The maximum absolute atomic E-state index is 12.7. The van der Waals surface area contributed by atoms with Crippen LogP contribution in [0, 0.1) is 13.8 Å². The summed E-state index contributed by atoms with van der Waals surface area (Å²) < 4.78 is 33.6. The van der Waals surface area contributed by atoms with Crippen LogP contribution in [-0.4, -0.2) is 32.9 Å². The van der Waals surface area contributed by atoms with Gasteiger partial charge in [-0.15, -0.1) is 0 Å². The molecule has 1 N–H and O–H groups in total. The zero-order valence-corrected chi connectivity index (χ0v) is 18.6. The predicted molar refractivity (Wildman–Crippen MR) is 122 cm³/mol. The van der Waals surface area contributed by atoms with E-state index in [0.29, 0.717) is 23.5 Å². The lowest BCUT2D eigenvalue weighted by Crippen LogP contribution is -2.31. The summed E-state index contributed by atoms with van der Waals surface area (Å²) in [5.74, 6) is 0.303. The van der Waals surface area contributed by atoms with Crippen LogP contribution in [-0.2, 0) is 21.4 Å². The van der Waals surface area contributed by atoms with Crippen LogP contribution in [0.25, 0.3) is 0 Å². The van der Waals surface area contributed by atoms with Crippen molar-refractivity contribution in [1.82, 2.24) is 4.90 Å². The lowest BCUT2D eigenvalue weighted by Gasteiger charge is -2.18. The van der Waals surface area contributed by atoms with Gasteiger partial charge in [0.05, 0.1) is 4.90 Å². The summed E-state index contributed by atoms with van der Waals surface area (Å²) in [5.41, 5.74) is 3.20. The van der Waals surface area contributed by atoms with E-state index in [-0.39, 0.29) is 17.4 Å². The molecule has 0 saturated heterocycles. The molecule has 0 fully saturated rings. The maximum Gasteiger partial charge on any atom is 0.261 e. The monoisotopic (exact) mass is 438 g/mol. The SMILES string of the molecule is Cc1ccc(NS(=O)(=O)c2ccc(OCC(=O)N(C)Cc3ccccc3)c(C)c2)cc1. The van der Waals surface area contributed by atoms with Gasteiger partial charge in [-0.3, -0.25) is 9.52 Å². The summed E-state index contributed by atoms with van der Waals surface area (Å²) >= 11 is 0. The normalized spacial score (nSPS) is 11.1. The van der Waals surface area contributed by atoms with Gasteiger partial charge in [-0.05, 0) is 55.3 Å². The Morgan fingerprint density at radius 2 is 1.65 bits per heavy atom. The Morgan fingerprint density at radius 1 is 0.968 bits per heavy atom. The fourth-order valence-electron chi connectivity index (χ4n) is 2.98. The second-order valence-corrected chi connectivity index (χ2v) is 9.11. The lowest BCUT2D eigenvalue weighted by molar-refractivity contribution is -0.132. The molecule has 0 radical (unpaired) electrons. The van der Waals surface area contributed by atoms with Gasteiger partial charge in [0, 0.05) is 19.3 Å². The number of amides is 1. The Kier molecular flexibility index (Phi) is 6.97. The van der Waals surface area contributed by atoms with Crippen LogP contribution in [0.2, 0.25) is 0 Å². The summed E-state index contributed by atoms with van der Waals surface area (Å²) in [6.07, 6.45) is 0. The third-order valence-corrected chi connectivity index (χ3v) is 6.18. The summed E-state index contributed by atoms with van der Waals surface area (Å²) in [4.78, 5) is 14.1. The lowest BCUT2D eigenvalue weighted by atomic mass is 10.2. The van der Waals surface area contributed by atoms with E-state index < -0.39 is 10.0 Å². The first-order valence-corrected chi connectivity index (χ1v) is 11.3. The number of aryl methyl sites for hydroxylation is 2. The molecule has 1 amide bonds. The van der Waals surface area contributed by atoms with Gasteiger partial charge < -0.3 is 9.64 Å². The molecule has 162 valence electrons. The molecule has 3 rings (SSSR count). The number of nitrogens with one attached hydrogen (secondary N) is 1. The number of nitrogens with zero attached hydrogens (tertiary/aromatic N) is 1. The fourth-order valence-corrected chi connectivity index (χ4v) is 4.13. The highest BCUT2D eigenvalue weighted by Gasteiger charge is 2.17. The average Bonchev–Trinajstić information content (AvgIpc) is 2.74. The number of anilines is 1. The predicted octanol–water partition coefficient (Wildman–Crippen LogP) is 4.14. The van der Waals surface area contributed by atoms with Gasteiger partial charge in [0.15, 0.2) is 6.61 Å². The van der Waals surface area contributed by atoms with Crippen molar-refractivity contribution in [2.45, 2.75) is 25.3 Å². The summed E-state index contributed by atoms with van der Waals surface area (Å²) in [6, 6.07) is 21.4. The quantitative estimate of drug-likeness (QED) is 0.574. The van der Waals surface area contributed by atoms with Crippen molar-refractivity contribution in [3.63, 3.8) is 0 Å². The first-order chi connectivity index (χ1) is 14.7. The molecular formula is C24H26N2O4S. The highest BCUT2D eigenvalue weighted by atomic mass is 32.2. The topological polar surface area (TPSA) is 75.7 Å². The number of carbonyl (C=O) groups excluding carboxylic acids is 1. The number of carbonyl (C=O) groups is 1. The van der Waals surface area contributed by atoms with E-state index in [0.717, 1.165) is 11.1 Å². The van der Waals surface area contributed by atoms with Crippen molar-refractivity contribution in [1.29, 1.82) is 0 Å². The first kappa shape index (κ1) is 22.4. The molecule has 0 heterocycles. The molecule has 0 unspecified atom stereocenters. The maximum atomic E-state index is 12.7. The van der Waals surface area contributed by atoms with E-state index in [1.165, 1.54) is 12.1 Å². The van der Waals surface area contributed by atoms with E-state index in [1.54, 1.807) is 37.1 Å². The van der Waals surface area contributed by atoms with E-state index in [1.807, 2.05) is 49.4 Å². The average molecular weight is 439 g/mol. The zero-order chi connectivity index (χ0) is 22.4. The van der Waals surface area contributed by atoms with Gasteiger partial charge in [0.25, 0.3) is 15.9 Å². The molecule has 3 aromatic carbocycles. The largest absolute Gasteiger partial charge is 0.483 e. The van der Waals surface area contributed by atoms with Crippen LogP contribution in [0.1, 0.15) is 16.7 Å². The molecule has 7 heteroatoms. The molecule has 0 saturated carbocycles. The molecule has 0 aliphatic rings. The van der Waals surface area contributed by atoms with E-state index in [2.05, 4.69) is 4.72 Å². The Hall–Kier alpha value is -3.32. The van der Waals surface area contributed by atoms with Crippen LogP contribution in [0.15, 0.2) is 77.7 Å². The smallest absolute Gasteiger partial charge is 0.261 e. The van der Waals surface area contributed by atoms with Crippen molar-refractivity contribution in [2.24, 2.45) is 0 Å². The summed E-state index contributed by atoms with van der Waals surface area (Å²) in [7, 11) is -2.01. The highest BCUT2D eigenvalue weighted by Crippen LogP contribution is 2.24.